The van der Waals surface area contributed by atoms with Gasteiger partial charge in [0.25, 0.3) is 5.91 Å². The minimum absolute atomic E-state index is 0.357. The topological polar surface area (TPSA) is 102 Å². The van der Waals surface area contributed by atoms with Crippen molar-refractivity contribution in [2.75, 3.05) is 18.5 Å². The Labute approximate surface area is 168 Å². The second-order valence-corrected chi connectivity index (χ2v) is 6.97. The van der Waals surface area contributed by atoms with Gasteiger partial charge in [0.15, 0.2) is 6.10 Å². The van der Waals surface area contributed by atoms with Crippen molar-refractivity contribution in [3.8, 4) is 5.75 Å². The Kier molecular flexibility index (Phi) is 6.31. The number of carbonyl (C=O) groups excluding carboxylic acids is 4. The van der Waals surface area contributed by atoms with E-state index < -0.39 is 36.4 Å². The minimum Gasteiger partial charge on any atom is -0.492 e. The van der Waals surface area contributed by atoms with Gasteiger partial charge in [0.05, 0.1) is 24.1 Å². The van der Waals surface area contributed by atoms with E-state index in [2.05, 4.69) is 5.32 Å². The Morgan fingerprint density at radius 1 is 1.14 bits per heavy atom. The van der Waals surface area contributed by atoms with Crippen LogP contribution in [0.5, 0.6) is 5.75 Å². The number of anilines is 1. The molecule has 3 unspecified atom stereocenters. The van der Waals surface area contributed by atoms with Gasteiger partial charge in [0.1, 0.15) is 12.3 Å². The summed E-state index contributed by atoms with van der Waals surface area (Å²) in [4.78, 5) is 50.4. The molecule has 1 saturated heterocycles. The molecule has 3 atom stereocenters. The van der Waals surface area contributed by atoms with Crippen molar-refractivity contribution in [1.29, 1.82) is 0 Å². The maximum absolute atomic E-state index is 12.4. The summed E-state index contributed by atoms with van der Waals surface area (Å²) >= 11 is 0. The van der Waals surface area contributed by atoms with E-state index in [9.17, 15) is 19.2 Å². The molecule has 3 rings (SSSR count). The second-order valence-electron chi connectivity index (χ2n) is 6.97. The quantitative estimate of drug-likeness (QED) is 0.426. The van der Waals surface area contributed by atoms with Gasteiger partial charge in [-0.1, -0.05) is 24.3 Å². The van der Waals surface area contributed by atoms with Crippen LogP contribution in [0.25, 0.3) is 0 Å². The molecule has 8 nitrogen and oxygen atoms in total. The average molecular weight is 400 g/mol. The summed E-state index contributed by atoms with van der Waals surface area (Å²) in [5.41, 5.74) is 0.462. The highest BCUT2D eigenvalue weighted by atomic mass is 16.5. The van der Waals surface area contributed by atoms with E-state index in [-0.39, 0.29) is 11.8 Å². The number of fused-ring (bicyclic) bond motifs is 1. The third kappa shape index (κ3) is 4.47. The lowest BCUT2D eigenvalue weighted by Gasteiger charge is -2.18. The first-order chi connectivity index (χ1) is 13.9. The average Bonchev–Trinajstić information content (AvgIpc) is 2.94. The fourth-order valence-corrected chi connectivity index (χ4v) is 3.53. The highest BCUT2D eigenvalue weighted by molar-refractivity contribution is 6.07. The third-order valence-electron chi connectivity index (χ3n) is 5.01. The van der Waals surface area contributed by atoms with Gasteiger partial charge >= 0.3 is 5.97 Å². The third-order valence-corrected chi connectivity index (χ3v) is 5.01. The molecule has 1 aliphatic heterocycles. The van der Waals surface area contributed by atoms with Crippen molar-refractivity contribution in [3.05, 3.63) is 36.4 Å². The molecule has 154 valence electrons. The molecule has 1 aromatic carbocycles. The van der Waals surface area contributed by atoms with E-state index in [4.69, 9.17) is 9.47 Å². The van der Waals surface area contributed by atoms with Crippen molar-refractivity contribution < 1.29 is 28.7 Å². The van der Waals surface area contributed by atoms with E-state index >= 15 is 0 Å². The number of rotatable bonds is 7. The van der Waals surface area contributed by atoms with E-state index in [1.165, 1.54) is 6.92 Å². The van der Waals surface area contributed by atoms with Gasteiger partial charge in [-0.05, 0) is 38.8 Å². The summed E-state index contributed by atoms with van der Waals surface area (Å²) in [6, 6.07) is 6.92. The SMILES string of the molecule is CCOc1ccccc1NC(=O)C(C)OC(=O)CN1C(=O)C2CC=CCC2C1=O. The first-order valence-electron chi connectivity index (χ1n) is 9.64. The van der Waals surface area contributed by atoms with Crippen LogP contribution in [0.4, 0.5) is 5.69 Å². The van der Waals surface area contributed by atoms with Gasteiger partial charge < -0.3 is 14.8 Å². The van der Waals surface area contributed by atoms with Crippen LogP contribution >= 0.6 is 0 Å². The lowest BCUT2D eigenvalue weighted by Crippen LogP contribution is -2.39. The maximum Gasteiger partial charge on any atom is 0.326 e. The van der Waals surface area contributed by atoms with Crippen molar-refractivity contribution in [1.82, 2.24) is 4.90 Å². The molecular formula is C21H24N2O6. The Bertz CT molecular complexity index is 823. The molecule has 0 spiro atoms. The van der Waals surface area contributed by atoms with E-state index in [1.807, 2.05) is 19.1 Å². The van der Waals surface area contributed by atoms with Crippen LogP contribution < -0.4 is 10.1 Å². The molecule has 1 fully saturated rings. The molecule has 2 aliphatic rings. The fourth-order valence-electron chi connectivity index (χ4n) is 3.53. The number of nitrogens with one attached hydrogen (secondary N) is 1. The summed E-state index contributed by atoms with van der Waals surface area (Å²) < 4.78 is 10.6. The lowest BCUT2D eigenvalue weighted by atomic mass is 9.85. The Morgan fingerprint density at radius 2 is 1.76 bits per heavy atom. The number of ether oxygens (including phenoxy) is 2. The van der Waals surface area contributed by atoms with Crippen molar-refractivity contribution in [3.63, 3.8) is 0 Å². The highest BCUT2D eigenvalue weighted by Crippen LogP contribution is 2.34. The van der Waals surface area contributed by atoms with Crippen molar-refractivity contribution >= 4 is 29.4 Å². The second kappa shape index (κ2) is 8.89. The van der Waals surface area contributed by atoms with Crippen LogP contribution in [0.3, 0.4) is 0 Å². The van der Waals surface area contributed by atoms with Gasteiger partial charge in [-0.3, -0.25) is 24.1 Å². The molecule has 3 amide bonds. The molecule has 0 saturated carbocycles. The van der Waals surface area contributed by atoms with Crippen molar-refractivity contribution in [2.24, 2.45) is 11.8 Å². The van der Waals surface area contributed by atoms with Gasteiger partial charge in [-0.2, -0.15) is 0 Å². The van der Waals surface area contributed by atoms with Gasteiger partial charge in [-0.25, -0.2) is 0 Å². The Morgan fingerprint density at radius 3 is 2.38 bits per heavy atom. The zero-order valence-corrected chi connectivity index (χ0v) is 16.4. The number of nitrogens with zero attached hydrogens (tertiary/aromatic N) is 1. The van der Waals surface area contributed by atoms with Gasteiger partial charge in [0, 0.05) is 0 Å². The van der Waals surface area contributed by atoms with Crippen LogP contribution in [-0.2, 0) is 23.9 Å². The number of hydrogen-bond donors (Lipinski definition) is 1. The molecule has 0 bridgehead atoms. The van der Waals surface area contributed by atoms with E-state index in [1.54, 1.807) is 24.3 Å². The fraction of sp³-hybridized carbons (Fsp3) is 0.429. The minimum atomic E-state index is -1.10. The first-order valence-corrected chi connectivity index (χ1v) is 9.64. The standard InChI is InChI=1S/C21H24N2O6/c1-3-28-17-11-7-6-10-16(17)22-19(25)13(2)29-18(24)12-23-20(26)14-8-4-5-9-15(14)21(23)27/h4-7,10-11,13-15H,3,8-9,12H2,1-2H3,(H,22,25). The van der Waals surface area contributed by atoms with Crippen LogP contribution in [0, 0.1) is 11.8 Å². The number of esters is 1. The number of likely N-dealkylation sites (tertiary alicyclic amines) is 1. The summed E-state index contributed by atoms with van der Waals surface area (Å²) in [5, 5.41) is 2.66. The number of carbonyl (C=O) groups is 4. The van der Waals surface area contributed by atoms with Crippen LogP contribution in [-0.4, -0.2) is 47.8 Å². The zero-order valence-electron chi connectivity index (χ0n) is 16.4. The predicted molar refractivity (Wildman–Crippen MR) is 104 cm³/mol. The predicted octanol–water partition coefficient (Wildman–Crippen LogP) is 1.91. The largest absolute Gasteiger partial charge is 0.492 e. The normalized spacial score (nSPS) is 21.5. The van der Waals surface area contributed by atoms with E-state index in [0.29, 0.717) is 30.9 Å². The number of imide groups is 1. The zero-order chi connectivity index (χ0) is 21.0. The molecule has 8 heteroatoms. The summed E-state index contributed by atoms with van der Waals surface area (Å²) in [5.74, 6) is -2.37. The van der Waals surface area contributed by atoms with Crippen LogP contribution in [0.15, 0.2) is 36.4 Å². The first kappa shape index (κ1) is 20.6. The monoisotopic (exact) mass is 400 g/mol. The Hall–Kier alpha value is -3.16. The molecule has 1 heterocycles. The number of allylic oxidation sites excluding steroid dienone is 2. The summed E-state index contributed by atoms with van der Waals surface area (Å²) in [6.07, 6.45) is 3.65. The van der Waals surface area contributed by atoms with Crippen molar-refractivity contribution in [2.45, 2.75) is 32.8 Å². The smallest absolute Gasteiger partial charge is 0.326 e. The number of amides is 3. The molecule has 0 aromatic heterocycles. The maximum atomic E-state index is 12.4. The number of hydrogen-bond acceptors (Lipinski definition) is 6. The molecule has 1 aliphatic carbocycles. The molecular weight excluding hydrogens is 376 g/mol. The van der Waals surface area contributed by atoms with Gasteiger partial charge in [0.2, 0.25) is 11.8 Å². The molecule has 1 N–H and O–H groups in total. The highest BCUT2D eigenvalue weighted by Gasteiger charge is 2.47. The lowest BCUT2D eigenvalue weighted by molar-refractivity contribution is -0.158. The Balaban J connectivity index is 1.56. The molecule has 0 radical (unpaired) electrons. The van der Waals surface area contributed by atoms with Crippen LogP contribution in [0.1, 0.15) is 26.7 Å². The van der Waals surface area contributed by atoms with Crippen LogP contribution in [0.2, 0.25) is 0 Å². The summed E-state index contributed by atoms with van der Waals surface area (Å²) in [6.45, 7) is 3.20. The van der Waals surface area contributed by atoms with Gasteiger partial charge in [-0.15, -0.1) is 0 Å². The summed E-state index contributed by atoms with van der Waals surface area (Å²) in [7, 11) is 0. The van der Waals surface area contributed by atoms with E-state index in [0.717, 1.165) is 4.90 Å². The molecule has 29 heavy (non-hydrogen) atoms. The number of para-hydroxylation sites is 2. The molecule has 1 aromatic rings. The number of benzene rings is 1.